The van der Waals surface area contributed by atoms with Gasteiger partial charge in [0.15, 0.2) is 0 Å². The lowest BCUT2D eigenvalue weighted by Crippen LogP contribution is -2.44. The Morgan fingerprint density at radius 3 is 2.56 bits per heavy atom. The number of likely N-dealkylation sites (tertiary alicyclic amines) is 1. The predicted molar refractivity (Wildman–Crippen MR) is 91.3 cm³/mol. The minimum Gasteiger partial charge on any atom is -0.389 e. The topological polar surface area (TPSA) is 49.5 Å². The number of aliphatic hydroxyl groups is 1. The normalized spacial score (nSPS) is 25.9. The maximum atomic E-state index is 13.1. The molecule has 1 aliphatic heterocycles. The Morgan fingerprint density at radius 2 is 1.96 bits per heavy atom. The average Bonchev–Trinajstić information content (AvgIpc) is 2.98. The maximum absolute atomic E-state index is 13.1. The van der Waals surface area contributed by atoms with E-state index in [1.54, 1.807) is 6.07 Å². The van der Waals surface area contributed by atoms with Crippen LogP contribution in [0.3, 0.4) is 0 Å². The lowest BCUT2D eigenvalue weighted by Gasteiger charge is -2.41. The van der Waals surface area contributed by atoms with E-state index in [0.29, 0.717) is 24.9 Å². The minimum atomic E-state index is -4.37. The van der Waals surface area contributed by atoms with E-state index < -0.39 is 17.3 Å². The third-order valence-electron chi connectivity index (χ3n) is 5.73. The first kappa shape index (κ1) is 18.7. The molecule has 1 saturated carbocycles. The van der Waals surface area contributed by atoms with Gasteiger partial charge in [-0.3, -0.25) is 0 Å². The van der Waals surface area contributed by atoms with Crippen LogP contribution in [0.2, 0.25) is 0 Å². The molecule has 2 atom stereocenters. The summed E-state index contributed by atoms with van der Waals surface area (Å²) in [5, 5.41) is 11.3. The number of halogens is 3. The Balaban J connectivity index is 1.90. The number of nitrogens with two attached hydrogens (primary N) is 1. The first-order valence-corrected chi connectivity index (χ1v) is 9.15. The van der Waals surface area contributed by atoms with Crippen molar-refractivity contribution in [2.24, 2.45) is 5.73 Å². The van der Waals surface area contributed by atoms with Gasteiger partial charge in [0.1, 0.15) is 0 Å². The molecule has 3 rings (SSSR count). The Labute approximate surface area is 147 Å². The minimum absolute atomic E-state index is 0.114. The van der Waals surface area contributed by atoms with Crippen LogP contribution in [0.1, 0.15) is 55.6 Å². The first-order valence-electron chi connectivity index (χ1n) is 9.15. The summed E-state index contributed by atoms with van der Waals surface area (Å²) in [5.41, 5.74) is 4.98. The van der Waals surface area contributed by atoms with Crippen molar-refractivity contribution in [1.82, 2.24) is 4.90 Å². The van der Waals surface area contributed by atoms with Gasteiger partial charge in [-0.2, -0.15) is 13.2 Å². The van der Waals surface area contributed by atoms with Crippen LogP contribution in [0.15, 0.2) is 24.3 Å². The first-order chi connectivity index (χ1) is 11.8. The molecule has 2 unspecified atom stereocenters. The van der Waals surface area contributed by atoms with E-state index in [2.05, 4.69) is 4.90 Å². The van der Waals surface area contributed by atoms with Crippen molar-refractivity contribution in [2.45, 2.75) is 62.3 Å². The summed E-state index contributed by atoms with van der Waals surface area (Å²) in [6, 6.07) is 5.60. The van der Waals surface area contributed by atoms with Crippen molar-refractivity contribution >= 4 is 0 Å². The van der Waals surface area contributed by atoms with Gasteiger partial charge in [0.25, 0.3) is 0 Å². The van der Waals surface area contributed by atoms with Crippen LogP contribution in [-0.4, -0.2) is 41.3 Å². The number of nitrogens with zero attached hydrogens (tertiary/aromatic N) is 1. The summed E-state index contributed by atoms with van der Waals surface area (Å²) in [5.74, 6) is -0.319. The van der Waals surface area contributed by atoms with Gasteiger partial charge in [-0.25, -0.2) is 0 Å². The van der Waals surface area contributed by atoms with Gasteiger partial charge >= 0.3 is 6.18 Å². The van der Waals surface area contributed by atoms with Crippen LogP contribution in [0.25, 0.3) is 0 Å². The standard InChI is InChI=1S/C19H27F3N2O/c20-19(21,22)15-6-4-5-14(11-15)17(13-24-10-7-16(23)12-24)18(25)8-2-1-3-9-18/h4-6,11,16-17,25H,1-3,7-10,12-13,23H2. The Hall–Kier alpha value is -1.11. The van der Waals surface area contributed by atoms with Crippen molar-refractivity contribution in [3.8, 4) is 0 Å². The maximum Gasteiger partial charge on any atom is 0.416 e. The van der Waals surface area contributed by atoms with E-state index in [-0.39, 0.29) is 12.0 Å². The highest BCUT2D eigenvalue weighted by Gasteiger charge is 2.41. The fourth-order valence-corrected chi connectivity index (χ4v) is 4.32. The van der Waals surface area contributed by atoms with Gasteiger partial charge in [-0.05, 0) is 37.4 Å². The lowest BCUT2D eigenvalue weighted by atomic mass is 9.72. The molecule has 1 saturated heterocycles. The predicted octanol–water partition coefficient (Wildman–Crippen LogP) is 3.52. The molecule has 1 aliphatic carbocycles. The van der Waals surface area contributed by atoms with E-state index in [9.17, 15) is 18.3 Å². The van der Waals surface area contributed by atoms with E-state index >= 15 is 0 Å². The fourth-order valence-electron chi connectivity index (χ4n) is 4.32. The third kappa shape index (κ3) is 4.36. The van der Waals surface area contributed by atoms with E-state index in [1.165, 1.54) is 12.1 Å². The van der Waals surface area contributed by atoms with Gasteiger partial charge in [0.05, 0.1) is 11.2 Å². The third-order valence-corrected chi connectivity index (χ3v) is 5.73. The van der Waals surface area contributed by atoms with E-state index in [4.69, 9.17) is 5.73 Å². The summed E-state index contributed by atoms with van der Waals surface area (Å²) in [7, 11) is 0. The molecule has 1 aromatic carbocycles. The fraction of sp³-hybridized carbons (Fsp3) is 0.684. The summed E-state index contributed by atoms with van der Waals surface area (Å²) >= 11 is 0. The summed E-state index contributed by atoms with van der Waals surface area (Å²) in [4.78, 5) is 2.18. The second-order valence-electron chi connectivity index (χ2n) is 7.65. The van der Waals surface area contributed by atoms with Crippen molar-refractivity contribution in [3.63, 3.8) is 0 Å². The molecule has 1 aromatic rings. The largest absolute Gasteiger partial charge is 0.416 e. The lowest BCUT2D eigenvalue weighted by molar-refractivity contribution is -0.137. The number of hydrogen-bond donors (Lipinski definition) is 2. The molecule has 25 heavy (non-hydrogen) atoms. The molecular weight excluding hydrogens is 329 g/mol. The number of benzene rings is 1. The molecule has 0 spiro atoms. The molecule has 0 aromatic heterocycles. The monoisotopic (exact) mass is 356 g/mol. The molecule has 1 heterocycles. The van der Waals surface area contributed by atoms with Crippen LogP contribution in [-0.2, 0) is 6.18 Å². The van der Waals surface area contributed by atoms with Crippen LogP contribution in [0.5, 0.6) is 0 Å². The summed E-state index contributed by atoms with van der Waals surface area (Å²) in [6.07, 6.45) is 0.740. The van der Waals surface area contributed by atoms with E-state index in [0.717, 1.165) is 44.8 Å². The SMILES string of the molecule is NC1CCN(CC(c2cccc(C(F)(F)F)c2)C2(O)CCCCC2)C1. The van der Waals surface area contributed by atoms with Gasteiger partial charge in [-0.15, -0.1) is 0 Å². The van der Waals surface area contributed by atoms with Gasteiger partial charge in [0.2, 0.25) is 0 Å². The van der Waals surface area contributed by atoms with Crippen LogP contribution >= 0.6 is 0 Å². The Bertz CT molecular complexity index is 584. The highest BCUT2D eigenvalue weighted by Crippen LogP contribution is 2.42. The summed E-state index contributed by atoms with van der Waals surface area (Å²) < 4.78 is 39.4. The molecule has 2 fully saturated rings. The van der Waals surface area contributed by atoms with Crippen molar-refractivity contribution < 1.29 is 18.3 Å². The average molecular weight is 356 g/mol. The van der Waals surface area contributed by atoms with Crippen LogP contribution in [0, 0.1) is 0 Å². The molecule has 3 nitrogen and oxygen atoms in total. The van der Waals surface area contributed by atoms with Crippen LogP contribution in [0.4, 0.5) is 13.2 Å². The van der Waals surface area contributed by atoms with Crippen molar-refractivity contribution in [1.29, 1.82) is 0 Å². The molecular formula is C19H27F3N2O. The van der Waals surface area contributed by atoms with Crippen LogP contribution < -0.4 is 5.73 Å². The zero-order valence-electron chi connectivity index (χ0n) is 14.4. The molecule has 2 aliphatic rings. The van der Waals surface area contributed by atoms with Gasteiger partial charge < -0.3 is 15.7 Å². The number of alkyl halides is 3. The van der Waals surface area contributed by atoms with Crippen molar-refractivity contribution in [2.75, 3.05) is 19.6 Å². The molecule has 0 amide bonds. The molecule has 6 heteroatoms. The highest BCUT2D eigenvalue weighted by atomic mass is 19.4. The number of rotatable bonds is 4. The summed E-state index contributed by atoms with van der Waals surface area (Å²) in [6.45, 7) is 2.14. The number of hydrogen-bond acceptors (Lipinski definition) is 3. The second-order valence-corrected chi connectivity index (χ2v) is 7.65. The second kappa shape index (κ2) is 7.25. The smallest absolute Gasteiger partial charge is 0.389 e. The molecule has 0 bridgehead atoms. The molecule has 3 N–H and O–H groups in total. The van der Waals surface area contributed by atoms with E-state index in [1.807, 2.05) is 0 Å². The van der Waals surface area contributed by atoms with Gasteiger partial charge in [-0.1, -0.05) is 37.5 Å². The zero-order chi connectivity index (χ0) is 18.1. The quantitative estimate of drug-likeness (QED) is 0.868. The Morgan fingerprint density at radius 1 is 1.24 bits per heavy atom. The highest BCUT2D eigenvalue weighted by molar-refractivity contribution is 5.31. The zero-order valence-corrected chi connectivity index (χ0v) is 14.4. The molecule has 140 valence electrons. The van der Waals surface area contributed by atoms with Crippen molar-refractivity contribution in [3.05, 3.63) is 35.4 Å². The van der Waals surface area contributed by atoms with Gasteiger partial charge in [0, 0.05) is 25.0 Å². The molecule has 0 radical (unpaired) electrons. The Kier molecular flexibility index (Phi) is 5.42.